The van der Waals surface area contributed by atoms with Gasteiger partial charge in [-0.2, -0.15) is 10.1 Å². The van der Waals surface area contributed by atoms with E-state index in [0.29, 0.717) is 11.8 Å². The zero-order valence-corrected chi connectivity index (χ0v) is 14.4. The van der Waals surface area contributed by atoms with Crippen molar-refractivity contribution in [3.05, 3.63) is 48.3 Å². The highest BCUT2D eigenvalue weighted by atomic mass is 16.5. The molecular weight excluding hydrogens is 316 g/mol. The molecule has 0 spiro atoms. The quantitative estimate of drug-likeness (QED) is 0.712. The molecule has 7 nitrogen and oxygen atoms in total. The van der Waals surface area contributed by atoms with Crippen molar-refractivity contribution in [3.8, 4) is 11.5 Å². The van der Waals surface area contributed by atoms with Gasteiger partial charge in [0.2, 0.25) is 0 Å². The van der Waals surface area contributed by atoms with Crippen LogP contribution in [0.3, 0.4) is 0 Å². The normalized spacial score (nSPS) is 18.5. The number of hydrogen-bond acceptors (Lipinski definition) is 6. The summed E-state index contributed by atoms with van der Waals surface area (Å²) in [4.78, 5) is 11.0. The van der Waals surface area contributed by atoms with Crippen molar-refractivity contribution in [2.75, 3.05) is 13.1 Å². The van der Waals surface area contributed by atoms with E-state index in [1.807, 2.05) is 22.9 Å². The maximum absolute atomic E-state index is 5.47. The standard InChI is InChI=1S/C18H22N6O/c1-14-5-2-3-7-16(14)18-21-17(22-25-18)11-23-8-4-6-15(9-23)10-24-13-19-12-20-24/h2-3,5,7,12-13,15H,4,6,8-11H2,1H3/t15-/m0/s1. The Hall–Kier alpha value is -2.54. The van der Waals surface area contributed by atoms with Gasteiger partial charge in [-0.3, -0.25) is 9.58 Å². The van der Waals surface area contributed by atoms with Crippen LogP contribution in [0, 0.1) is 12.8 Å². The zero-order chi connectivity index (χ0) is 17.1. The molecule has 0 N–H and O–H groups in total. The topological polar surface area (TPSA) is 72.9 Å². The summed E-state index contributed by atoms with van der Waals surface area (Å²) in [5.74, 6) is 1.93. The molecule has 7 heteroatoms. The van der Waals surface area contributed by atoms with Crippen molar-refractivity contribution < 1.29 is 4.52 Å². The molecule has 3 aromatic rings. The molecule has 0 amide bonds. The molecule has 1 aromatic carbocycles. The number of benzene rings is 1. The van der Waals surface area contributed by atoms with Crippen LogP contribution in [-0.4, -0.2) is 42.9 Å². The summed E-state index contributed by atoms with van der Waals surface area (Å²) in [6.07, 6.45) is 5.78. The van der Waals surface area contributed by atoms with Gasteiger partial charge in [-0.15, -0.1) is 0 Å². The fraction of sp³-hybridized carbons (Fsp3) is 0.444. The van der Waals surface area contributed by atoms with Gasteiger partial charge in [-0.1, -0.05) is 23.4 Å². The van der Waals surface area contributed by atoms with E-state index in [9.17, 15) is 0 Å². The monoisotopic (exact) mass is 338 g/mol. The lowest BCUT2D eigenvalue weighted by Gasteiger charge is -2.31. The first-order valence-corrected chi connectivity index (χ1v) is 8.71. The molecule has 1 aliphatic rings. The number of hydrogen-bond donors (Lipinski definition) is 0. The second kappa shape index (κ2) is 7.14. The highest BCUT2D eigenvalue weighted by Gasteiger charge is 2.22. The predicted octanol–water partition coefficient (Wildman–Crippen LogP) is 2.55. The van der Waals surface area contributed by atoms with E-state index in [2.05, 4.69) is 38.1 Å². The Labute approximate surface area is 146 Å². The Morgan fingerprint density at radius 3 is 3.04 bits per heavy atom. The Morgan fingerprint density at radius 2 is 2.20 bits per heavy atom. The molecule has 1 saturated heterocycles. The fourth-order valence-corrected chi connectivity index (χ4v) is 3.48. The van der Waals surface area contributed by atoms with Crippen LogP contribution in [-0.2, 0) is 13.1 Å². The third kappa shape index (κ3) is 3.76. The maximum Gasteiger partial charge on any atom is 0.258 e. The Morgan fingerprint density at radius 1 is 1.28 bits per heavy atom. The summed E-state index contributed by atoms with van der Waals surface area (Å²) < 4.78 is 7.39. The van der Waals surface area contributed by atoms with E-state index in [4.69, 9.17) is 4.52 Å². The Kier molecular flexibility index (Phi) is 4.56. The number of aryl methyl sites for hydroxylation is 1. The Balaban J connectivity index is 1.39. The average Bonchev–Trinajstić information content (AvgIpc) is 3.28. The number of aromatic nitrogens is 5. The second-order valence-corrected chi connectivity index (χ2v) is 6.69. The largest absolute Gasteiger partial charge is 0.334 e. The molecule has 2 aromatic heterocycles. The van der Waals surface area contributed by atoms with Gasteiger partial charge in [-0.05, 0) is 43.9 Å². The highest BCUT2D eigenvalue weighted by Crippen LogP contribution is 2.23. The zero-order valence-electron chi connectivity index (χ0n) is 14.4. The van der Waals surface area contributed by atoms with Crippen LogP contribution in [0.4, 0.5) is 0 Å². The van der Waals surface area contributed by atoms with Gasteiger partial charge >= 0.3 is 0 Å². The molecule has 0 radical (unpaired) electrons. The van der Waals surface area contributed by atoms with Crippen molar-refractivity contribution in [3.63, 3.8) is 0 Å². The van der Waals surface area contributed by atoms with E-state index < -0.39 is 0 Å². The van der Waals surface area contributed by atoms with Gasteiger partial charge < -0.3 is 4.52 Å². The van der Waals surface area contributed by atoms with E-state index in [1.165, 1.54) is 12.8 Å². The van der Waals surface area contributed by atoms with Crippen LogP contribution in [0.15, 0.2) is 41.4 Å². The van der Waals surface area contributed by atoms with Crippen LogP contribution >= 0.6 is 0 Å². The van der Waals surface area contributed by atoms with Crippen molar-refractivity contribution in [1.82, 2.24) is 29.8 Å². The van der Waals surface area contributed by atoms with Gasteiger partial charge in [0.1, 0.15) is 12.7 Å². The van der Waals surface area contributed by atoms with E-state index in [1.54, 1.807) is 12.7 Å². The van der Waals surface area contributed by atoms with Crippen LogP contribution in [0.2, 0.25) is 0 Å². The third-order valence-corrected chi connectivity index (χ3v) is 4.72. The molecule has 4 rings (SSSR count). The molecule has 0 bridgehead atoms. The van der Waals surface area contributed by atoms with Crippen LogP contribution in [0.1, 0.15) is 24.2 Å². The van der Waals surface area contributed by atoms with Crippen molar-refractivity contribution in [2.45, 2.75) is 32.9 Å². The Bertz CT molecular complexity index is 813. The summed E-state index contributed by atoms with van der Waals surface area (Å²) in [6, 6.07) is 8.07. The van der Waals surface area contributed by atoms with Crippen LogP contribution in [0.25, 0.3) is 11.5 Å². The average molecular weight is 338 g/mol. The minimum atomic E-state index is 0.582. The number of rotatable bonds is 5. The van der Waals surface area contributed by atoms with E-state index in [0.717, 1.165) is 43.1 Å². The molecule has 3 heterocycles. The van der Waals surface area contributed by atoms with Crippen molar-refractivity contribution in [1.29, 1.82) is 0 Å². The van der Waals surface area contributed by atoms with E-state index in [-0.39, 0.29) is 0 Å². The second-order valence-electron chi connectivity index (χ2n) is 6.69. The van der Waals surface area contributed by atoms with Gasteiger partial charge in [0.15, 0.2) is 5.82 Å². The minimum absolute atomic E-state index is 0.582. The summed E-state index contributed by atoms with van der Waals surface area (Å²) in [7, 11) is 0. The molecule has 1 aliphatic heterocycles. The number of nitrogens with zero attached hydrogens (tertiary/aromatic N) is 6. The highest BCUT2D eigenvalue weighted by molar-refractivity contribution is 5.57. The SMILES string of the molecule is Cc1ccccc1-c1nc(CN2CCC[C@H](Cn3cncn3)C2)no1. The summed E-state index contributed by atoms with van der Waals surface area (Å²) >= 11 is 0. The summed E-state index contributed by atoms with van der Waals surface area (Å²) in [6.45, 7) is 5.79. The van der Waals surface area contributed by atoms with Gasteiger partial charge in [0, 0.05) is 18.7 Å². The molecule has 0 aliphatic carbocycles. The van der Waals surface area contributed by atoms with Crippen molar-refractivity contribution in [2.24, 2.45) is 5.92 Å². The molecule has 1 atom stereocenters. The predicted molar refractivity (Wildman–Crippen MR) is 92.5 cm³/mol. The molecular formula is C18H22N6O. The van der Waals surface area contributed by atoms with E-state index >= 15 is 0 Å². The first-order valence-electron chi connectivity index (χ1n) is 8.71. The number of piperidine rings is 1. The smallest absolute Gasteiger partial charge is 0.258 e. The lowest BCUT2D eigenvalue weighted by Crippen LogP contribution is -2.36. The van der Waals surface area contributed by atoms with Gasteiger partial charge in [-0.25, -0.2) is 4.98 Å². The molecule has 130 valence electrons. The van der Waals surface area contributed by atoms with Crippen molar-refractivity contribution >= 4 is 0 Å². The lowest BCUT2D eigenvalue weighted by atomic mass is 9.98. The fourth-order valence-electron chi connectivity index (χ4n) is 3.48. The number of likely N-dealkylation sites (tertiary alicyclic amines) is 1. The molecule has 0 saturated carbocycles. The van der Waals surface area contributed by atoms with Gasteiger partial charge in [0.25, 0.3) is 5.89 Å². The van der Waals surface area contributed by atoms with Crippen LogP contribution in [0.5, 0.6) is 0 Å². The summed E-state index contributed by atoms with van der Waals surface area (Å²) in [5.41, 5.74) is 2.15. The first-order chi connectivity index (χ1) is 12.3. The van der Waals surface area contributed by atoms with Crippen LogP contribution < -0.4 is 0 Å². The first kappa shape index (κ1) is 16.0. The summed E-state index contributed by atoms with van der Waals surface area (Å²) in [5, 5.41) is 8.39. The maximum atomic E-state index is 5.47. The third-order valence-electron chi connectivity index (χ3n) is 4.72. The lowest BCUT2D eigenvalue weighted by molar-refractivity contribution is 0.149. The molecule has 1 fully saturated rings. The molecule has 0 unspecified atom stereocenters. The van der Waals surface area contributed by atoms with Gasteiger partial charge in [0.05, 0.1) is 6.54 Å². The molecule has 25 heavy (non-hydrogen) atoms. The minimum Gasteiger partial charge on any atom is -0.334 e.